The van der Waals surface area contributed by atoms with Crippen molar-refractivity contribution in [1.29, 1.82) is 0 Å². The van der Waals surface area contributed by atoms with E-state index in [-0.39, 0.29) is 5.91 Å². The quantitative estimate of drug-likeness (QED) is 0.860. The summed E-state index contributed by atoms with van der Waals surface area (Å²) in [7, 11) is 1.98. The first kappa shape index (κ1) is 14.9. The summed E-state index contributed by atoms with van der Waals surface area (Å²) < 4.78 is 0. The maximum Gasteiger partial charge on any atom is 0.216 e. The van der Waals surface area contributed by atoms with Gasteiger partial charge in [-0.15, -0.1) is 0 Å². The molecule has 1 saturated heterocycles. The molecule has 0 aromatic heterocycles. The molecule has 20 heavy (non-hydrogen) atoms. The fourth-order valence-electron chi connectivity index (χ4n) is 2.83. The Bertz CT molecular complexity index is 439. The highest BCUT2D eigenvalue weighted by Crippen LogP contribution is 2.26. The average Bonchev–Trinajstić information content (AvgIpc) is 2.47. The second kappa shape index (κ2) is 7.29. The molecule has 2 rings (SSSR count). The summed E-state index contributed by atoms with van der Waals surface area (Å²) in [4.78, 5) is 13.4. The second-order valence-electron chi connectivity index (χ2n) is 5.53. The van der Waals surface area contributed by atoms with Gasteiger partial charge in [0.1, 0.15) is 0 Å². The van der Waals surface area contributed by atoms with Gasteiger partial charge in [0.2, 0.25) is 5.91 Å². The molecule has 4 heteroatoms. The molecule has 0 radical (unpaired) electrons. The van der Waals surface area contributed by atoms with Crippen LogP contribution >= 0.6 is 0 Å². The van der Waals surface area contributed by atoms with Crippen LogP contribution in [0.3, 0.4) is 0 Å². The summed E-state index contributed by atoms with van der Waals surface area (Å²) >= 11 is 0. The van der Waals surface area contributed by atoms with Crippen LogP contribution in [0.2, 0.25) is 0 Å². The monoisotopic (exact) mass is 275 g/mol. The van der Waals surface area contributed by atoms with Gasteiger partial charge in [-0.1, -0.05) is 18.2 Å². The van der Waals surface area contributed by atoms with Crippen LogP contribution < -0.4 is 15.5 Å². The minimum Gasteiger partial charge on any atom is -0.371 e. The van der Waals surface area contributed by atoms with Gasteiger partial charge in [-0.3, -0.25) is 4.79 Å². The van der Waals surface area contributed by atoms with E-state index in [9.17, 15) is 4.79 Å². The highest BCUT2D eigenvalue weighted by molar-refractivity contribution is 5.72. The predicted molar refractivity (Wildman–Crippen MR) is 82.8 cm³/mol. The minimum absolute atomic E-state index is 0.0757. The zero-order valence-electron chi connectivity index (χ0n) is 12.5. The standard InChI is InChI=1S/C16H25N3O/c1-13(20)18-11-14-7-9-19(10-8-14)16-6-4-3-5-15(16)12-17-2/h3-6,14,17H,7-12H2,1-2H3,(H,18,20). The second-order valence-corrected chi connectivity index (χ2v) is 5.53. The van der Waals surface area contributed by atoms with Gasteiger partial charge in [-0.25, -0.2) is 0 Å². The van der Waals surface area contributed by atoms with Crippen LogP contribution in [-0.4, -0.2) is 32.6 Å². The summed E-state index contributed by atoms with van der Waals surface area (Å²) in [5.41, 5.74) is 2.70. The Kier molecular flexibility index (Phi) is 5.41. The number of hydrogen-bond acceptors (Lipinski definition) is 3. The predicted octanol–water partition coefficient (Wildman–Crippen LogP) is 1.76. The lowest BCUT2D eigenvalue weighted by Gasteiger charge is -2.34. The Morgan fingerprint density at radius 2 is 2.00 bits per heavy atom. The number of piperidine rings is 1. The Hall–Kier alpha value is -1.55. The number of carbonyl (C=O) groups is 1. The highest BCUT2D eigenvalue weighted by Gasteiger charge is 2.20. The number of carbonyl (C=O) groups excluding carboxylic acids is 1. The van der Waals surface area contributed by atoms with E-state index in [0.29, 0.717) is 5.92 Å². The lowest BCUT2D eigenvalue weighted by atomic mass is 9.95. The summed E-state index contributed by atoms with van der Waals surface area (Å²) in [6, 6.07) is 8.60. The molecule has 4 nitrogen and oxygen atoms in total. The third-order valence-corrected chi connectivity index (χ3v) is 3.95. The highest BCUT2D eigenvalue weighted by atomic mass is 16.1. The van der Waals surface area contributed by atoms with Gasteiger partial charge in [0.05, 0.1) is 0 Å². The molecule has 1 amide bonds. The Labute approximate surface area is 121 Å². The van der Waals surface area contributed by atoms with E-state index >= 15 is 0 Å². The van der Waals surface area contributed by atoms with E-state index in [4.69, 9.17) is 0 Å². The molecule has 0 spiro atoms. The van der Waals surface area contributed by atoms with Crippen molar-refractivity contribution in [3.05, 3.63) is 29.8 Å². The molecule has 1 aromatic carbocycles. The van der Waals surface area contributed by atoms with Crippen molar-refractivity contribution in [2.24, 2.45) is 5.92 Å². The van der Waals surface area contributed by atoms with Crippen molar-refractivity contribution >= 4 is 11.6 Å². The van der Waals surface area contributed by atoms with Crippen LogP contribution in [0.4, 0.5) is 5.69 Å². The molecule has 0 saturated carbocycles. The first-order valence-corrected chi connectivity index (χ1v) is 7.42. The zero-order valence-corrected chi connectivity index (χ0v) is 12.5. The van der Waals surface area contributed by atoms with Gasteiger partial charge in [0, 0.05) is 38.8 Å². The van der Waals surface area contributed by atoms with Crippen molar-refractivity contribution in [3.63, 3.8) is 0 Å². The van der Waals surface area contributed by atoms with Crippen LogP contribution in [0.1, 0.15) is 25.3 Å². The van der Waals surface area contributed by atoms with Crippen LogP contribution in [-0.2, 0) is 11.3 Å². The van der Waals surface area contributed by atoms with E-state index in [1.807, 2.05) is 7.05 Å². The van der Waals surface area contributed by atoms with Crippen molar-refractivity contribution in [2.75, 3.05) is 31.6 Å². The van der Waals surface area contributed by atoms with Crippen molar-refractivity contribution in [2.45, 2.75) is 26.3 Å². The number of amides is 1. The topological polar surface area (TPSA) is 44.4 Å². The van der Waals surface area contributed by atoms with Gasteiger partial charge in [0.15, 0.2) is 0 Å². The normalized spacial score (nSPS) is 16.2. The fourth-order valence-corrected chi connectivity index (χ4v) is 2.83. The summed E-state index contributed by atoms with van der Waals surface area (Å²) in [6.45, 7) is 5.46. The first-order valence-electron chi connectivity index (χ1n) is 7.42. The molecule has 0 aliphatic carbocycles. The van der Waals surface area contributed by atoms with Crippen molar-refractivity contribution in [3.8, 4) is 0 Å². The maximum absolute atomic E-state index is 11.0. The van der Waals surface area contributed by atoms with Gasteiger partial charge >= 0.3 is 0 Å². The zero-order chi connectivity index (χ0) is 14.4. The number of rotatable bonds is 5. The van der Waals surface area contributed by atoms with Crippen LogP contribution in [0.25, 0.3) is 0 Å². The SMILES string of the molecule is CNCc1ccccc1N1CCC(CNC(C)=O)CC1. The van der Waals surface area contributed by atoms with Crippen LogP contribution in [0, 0.1) is 5.92 Å². The molecular formula is C16H25N3O. The van der Waals surface area contributed by atoms with Gasteiger partial charge in [-0.05, 0) is 37.4 Å². The first-order chi connectivity index (χ1) is 9.70. The molecule has 1 aromatic rings. The van der Waals surface area contributed by atoms with Crippen molar-refractivity contribution in [1.82, 2.24) is 10.6 Å². The Balaban J connectivity index is 1.92. The van der Waals surface area contributed by atoms with Crippen LogP contribution in [0.5, 0.6) is 0 Å². The Morgan fingerprint density at radius 3 is 2.65 bits per heavy atom. The summed E-state index contributed by atoms with van der Waals surface area (Å²) in [6.07, 6.45) is 2.29. The van der Waals surface area contributed by atoms with Gasteiger partial charge < -0.3 is 15.5 Å². The lowest BCUT2D eigenvalue weighted by Crippen LogP contribution is -2.38. The molecule has 1 fully saturated rings. The van der Waals surface area contributed by atoms with Crippen molar-refractivity contribution < 1.29 is 4.79 Å². The molecular weight excluding hydrogens is 250 g/mol. The smallest absolute Gasteiger partial charge is 0.216 e. The number of para-hydroxylation sites is 1. The summed E-state index contributed by atoms with van der Waals surface area (Å²) in [5.74, 6) is 0.693. The molecule has 1 heterocycles. The van der Waals surface area contributed by atoms with Gasteiger partial charge in [0.25, 0.3) is 0 Å². The van der Waals surface area contributed by atoms with Gasteiger partial charge in [-0.2, -0.15) is 0 Å². The number of nitrogens with one attached hydrogen (secondary N) is 2. The number of anilines is 1. The Morgan fingerprint density at radius 1 is 1.30 bits per heavy atom. The molecule has 0 atom stereocenters. The van der Waals surface area contributed by atoms with E-state index < -0.39 is 0 Å². The molecule has 0 bridgehead atoms. The summed E-state index contributed by atoms with van der Waals surface area (Å²) in [5, 5.41) is 6.16. The number of benzene rings is 1. The van der Waals surface area contributed by atoms with E-state index in [1.54, 1.807) is 6.92 Å². The van der Waals surface area contributed by atoms with Crippen LogP contribution in [0.15, 0.2) is 24.3 Å². The minimum atomic E-state index is 0.0757. The average molecular weight is 275 g/mol. The number of hydrogen-bond donors (Lipinski definition) is 2. The van der Waals surface area contributed by atoms with E-state index in [2.05, 4.69) is 39.8 Å². The molecule has 110 valence electrons. The van der Waals surface area contributed by atoms with E-state index in [1.165, 1.54) is 11.3 Å². The molecule has 1 aliphatic rings. The molecule has 0 unspecified atom stereocenters. The third kappa shape index (κ3) is 3.97. The molecule has 1 aliphatic heterocycles. The van der Waals surface area contributed by atoms with E-state index in [0.717, 1.165) is 39.0 Å². The third-order valence-electron chi connectivity index (χ3n) is 3.95. The lowest BCUT2D eigenvalue weighted by molar-refractivity contribution is -0.119. The molecule has 2 N–H and O–H groups in total. The maximum atomic E-state index is 11.0. The largest absolute Gasteiger partial charge is 0.371 e. The fraction of sp³-hybridized carbons (Fsp3) is 0.562. The number of nitrogens with zero attached hydrogens (tertiary/aromatic N) is 1.